The Morgan fingerprint density at radius 1 is 1.41 bits per heavy atom. The summed E-state index contributed by atoms with van der Waals surface area (Å²) in [6, 6.07) is 8.42. The molecule has 0 saturated heterocycles. The van der Waals surface area contributed by atoms with Gasteiger partial charge in [0.25, 0.3) is 0 Å². The van der Waals surface area contributed by atoms with Gasteiger partial charge < -0.3 is 5.32 Å². The maximum Gasteiger partial charge on any atom is 0.224 e. The highest BCUT2D eigenvalue weighted by molar-refractivity contribution is 7.99. The Balaban J connectivity index is 1.95. The lowest BCUT2D eigenvalue weighted by Crippen LogP contribution is -2.39. The zero-order valence-electron chi connectivity index (χ0n) is 12.7. The quantitative estimate of drug-likeness (QED) is 0.666. The number of hydrogen-bond acceptors (Lipinski definition) is 3. The second-order valence-electron chi connectivity index (χ2n) is 5.93. The predicted octanol–water partition coefficient (Wildman–Crippen LogP) is 3.61. The first-order chi connectivity index (χ1) is 10.6. The van der Waals surface area contributed by atoms with Gasteiger partial charge in [-0.1, -0.05) is 13.3 Å². The Hall–Kier alpha value is -1.54. The van der Waals surface area contributed by atoms with Crippen molar-refractivity contribution in [1.82, 2.24) is 5.32 Å². The minimum absolute atomic E-state index is 0.00203. The van der Waals surface area contributed by atoms with Crippen LogP contribution in [0.2, 0.25) is 0 Å². The minimum Gasteiger partial charge on any atom is -0.343 e. The van der Waals surface area contributed by atoms with Crippen LogP contribution in [0.1, 0.15) is 26.2 Å². The van der Waals surface area contributed by atoms with Crippen LogP contribution in [0.3, 0.4) is 0 Å². The summed E-state index contributed by atoms with van der Waals surface area (Å²) in [4.78, 5) is 13.3. The summed E-state index contributed by atoms with van der Waals surface area (Å²) in [7, 11) is 0. The van der Waals surface area contributed by atoms with E-state index in [0.29, 0.717) is 11.8 Å². The molecule has 1 aliphatic carbocycles. The van der Waals surface area contributed by atoms with Gasteiger partial charge in [0.15, 0.2) is 0 Å². The average molecular weight is 320 g/mol. The summed E-state index contributed by atoms with van der Waals surface area (Å²) in [5.74, 6) is 1.45. The van der Waals surface area contributed by atoms with E-state index >= 15 is 0 Å². The van der Waals surface area contributed by atoms with E-state index in [1.165, 1.54) is 12.1 Å². The van der Waals surface area contributed by atoms with Gasteiger partial charge in [-0.25, -0.2) is 4.39 Å². The Labute approximate surface area is 135 Å². The van der Waals surface area contributed by atoms with Gasteiger partial charge in [-0.15, -0.1) is 11.8 Å². The number of rotatable bonds is 5. The number of benzene rings is 1. The van der Waals surface area contributed by atoms with Crippen molar-refractivity contribution in [2.24, 2.45) is 17.8 Å². The third kappa shape index (κ3) is 4.74. The van der Waals surface area contributed by atoms with Crippen molar-refractivity contribution in [3.8, 4) is 6.07 Å². The maximum atomic E-state index is 12.9. The standard InChI is InChI=1S/C17H21FN2OS/c1-12-2-3-13(16(10-12)17(21)20-9-8-19)11-22-15-6-4-14(18)5-7-15/h4-7,12-13,16H,2-3,9-11H2,1H3,(H,20,21)/t12?,13-,16+/m0/s1. The highest BCUT2D eigenvalue weighted by Gasteiger charge is 2.33. The first-order valence-corrected chi connectivity index (χ1v) is 8.61. The van der Waals surface area contributed by atoms with Crippen LogP contribution < -0.4 is 5.32 Å². The lowest BCUT2D eigenvalue weighted by Gasteiger charge is -2.33. The molecule has 5 heteroatoms. The number of halogens is 1. The molecular weight excluding hydrogens is 299 g/mol. The van der Waals surface area contributed by atoms with E-state index in [1.807, 2.05) is 6.07 Å². The molecule has 1 N–H and O–H groups in total. The highest BCUT2D eigenvalue weighted by atomic mass is 32.2. The van der Waals surface area contributed by atoms with Gasteiger partial charge in [-0.2, -0.15) is 5.26 Å². The third-order valence-electron chi connectivity index (χ3n) is 4.21. The van der Waals surface area contributed by atoms with Gasteiger partial charge in [-0.05, 0) is 48.9 Å². The summed E-state index contributed by atoms with van der Waals surface area (Å²) in [6.07, 6.45) is 3.04. The first-order valence-electron chi connectivity index (χ1n) is 7.63. The smallest absolute Gasteiger partial charge is 0.224 e. The van der Waals surface area contributed by atoms with Crippen molar-refractivity contribution in [2.75, 3.05) is 12.3 Å². The van der Waals surface area contributed by atoms with E-state index in [2.05, 4.69) is 12.2 Å². The molecule has 1 aliphatic rings. The van der Waals surface area contributed by atoms with Gasteiger partial charge in [0.1, 0.15) is 12.4 Å². The van der Waals surface area contributed by atoms with E-state index in [-0.39, 0.29) is 24.2 Å². The van der Waals surface area contributed by atoms with E-state index in [9.17, 15) is 9.18 Å². The topological polar surface area (TPSA) is 52.9 Å². The molecule has 0 spiro atoms. The Kier molecular flexibility index (Phi) is 6.26. The Morgan fingerprint density at radius 2 is 2.14 bits per heavy atom. The number of thioether (sulfide) groups is 1. The molecule has 1 unspecified atom stereocenters. The Morgan fingerprint density at radius 3 is 2.82 bits per heavy atom. The summed E-state index contributed by atoms with van der Waals surface area (Å²) in [5.41, 5.74) is 0. The molecule has 22 heavy (non-hydrogen) atoms. The van der Waals surface area contributed by atoms with Gasteiger partial charge in [0.2, 0.25) is 5.91 Å². The molecule has 0 aliphatic heterocycles. The van der Waals surface area contributed by atoms with E-state index < -0.39 is 0 Å². The van der Waals surface area contributed by atoms with E-state index in [4.69, 9.17) is 5.26 Å². The van der Waals surface area contributed by atoms with Gasteiger partial charge in [0, 0.05) is 16.6 Å². The molecule has 0 aromatic heterocycles. The number of nitrogens with one attached hydrogen (secondary N) is 1. The summed E-state index contributed by atoms with van der Waals surface area (Å²) < 4.78 is 12.9. The SMILES string of the molecule is CC1CC[C@@H](CSc2ccc(F)cc2)[C@H](C(=O)NCC#N)C1. The summed E-state index contributed by atoms with van der Waals surface area (Å²) >= 11 is 1.67. The van der Waals surface area contributed by atoms with Crippen molar-refractivity contribution < 1.29 is 9.18 Å². The zero-order valence-corrected chi connectivity index (χ0v) is 13.5. The highest BCUT2D eigenvalue weighted by Crippen LogP contribution is 2.37. The van der Waals surface area contributed by atoms with Crippen LogP contribution in [0.5, 0.6) is 0 Å². The predicted molar refractivity (Wildman–Crippen MR) is 85.7 cm³/mol. The van der Waals surface area contributed by atoms with Gasteiger partial charge in [-0.3, -0.25) is 4.79 Å². The number of amides is 1. The normalized spacial score (nSPS) is 24.5. The first kappa shape index (κ1) is 16.8. The van der Waals surface area contributed by atoms with E-state index in [1.54, 1.807) is 23.9 Å². The number of carbonyl (C=O) groups is 1. The molecule has 1 aromatic rings. The number of nitrogens with zero attached hydrogens (tertiary/aromatic N) is 1. The largest absolute Gasteiger partial charge is 0.343 e. The van der Waals surface area contributed by atoms with Crippen molar-refractivity contribution in [3.05, 3.63) is 30.1 Å². The fourth-order valence-electron chi connectivity index (χ4n) is 2.96. The molecule has 0 bridgehead atoms. The molecule has 3 atom stereocenters. The molecule has 1 saturated carbocycles. The molecule has 0 heterocycles. The molecule has 118 valence electrons. The number of carbonyl (C=O) groups excluding carboxylic acids is 1. The van der Waals surface area contributed by atoms with Crippen LogP contribution in [-0.4, -0.2) is 18.2 Å². The lowest BCUT2D eigenvalue weighted by atomic mass is 9.75. The average Bonchev–Trinajstić information content (AvgIpc) is 2.53. The Bertz CT molecular complexity index is 541. The molecule has 2 rings (SSSR count). The maximum absolute atomic E-state index is 12.9. The summed E-state index contributed by atoms with van der Waals surface area (Å²) in [5, 5.41) is 11.3. The fraction of sp³-hybridized carbons (Fsp3) is 0.529. The second-order valence-corrected chi connectivity index (χ2v) is 7.02. The summed E-state index contributed by atoms with van der Waals surface area (Å²) in [6.45, 7) is 2.25. The molecular formula is C17H21FN2OS. The van der Waals surface area contributed by atoms with Crippen LogP contribution in [0.25, 0.3) is 0 Å². The molecule has 3 nitrogen and oxygen atoms in total. The van der Waals surface area contributed by atoms with Crippen molar-refractivity contribution in [3.63, 3.8) is 0 Å². The number of hydrogen-bond donors (Lipinski definition) is 1. The fourth-order valence-corrected chi connectivity index (χ4v) is 4.09. The van der Waals surface area contributed by atoms with Crippen molar-refractivity contribution >= 4 is 17.7 Å². The van der Waals surface area contributed by atoms with Crippen molar-refractivity contribution in [2.45, 2.75) is 31.1 Å². The molecule has 1 amide bonds. The van der Waals surface area contributed by atoms with Crippen LogP contribution in [0, 0.1) is 34.9 Å². The van der Waals surface area contributed by atoms with Crippen LogP contribution >= 0.6 is 11.8 Å². The molecule has 1 fully saturated rings. The van der Waals surface area contributed by atoms with E-state index in [0.717, 1.165) is 29.9 Å². The minimum atomic E-state index is -0.232. The monoisotopic (exact) mass is 320 g/mol. The zero-order chi connectivity index (χ0) is 15.9. The van der Waals surface area contributed by atoms with Gasteiger partial charge in [0.05, 0.1) is 6.07 Å². The van der Waals surface area contributed by atoms with Crippen LogP contribution in [-0.2, 0) is 4.79 Å². The van der Waals surface area contributed by atoms with Crippen LogP contribution in [0.15, 0.2) is 29.2 Å². The molecule has 0 radical (unpaired) electrons. The lowest BCUT2D eigenvalue weighted by molar-refractivity contribution is -0.127. The van der Waals surface area contributed by atoms with Crippen LogP contribution in [0.4, 0.5) is 4.39 Å². The second kappa shape index (κ2) is 8.19. The molecule has 1 aromatic carbocycles. The van der Waals surface area contributed by atoms with Gasteiger partial charge >= 0.3 is 0 Å². The third-order valence-corrected chi connectivity index (χ3v) is 5.41. The number of nitriles is 1. The van der Waals surface area contributed by atoms with Crippen molar-refractivity contribution in [1.29, 1.82) is 5.26 Å².